The number of hydrogen-bond acceptors (Lipinski definition) is 3. The van der Waals surface area contributed by atoms with Crippen LogP contribution in [-0.2, 0) is 0 Å². The van der Waals surface area contributed by atoms with Crippen LogP contribution in [-0.4, -0.2) is 4.98 Å². The van der Waals surface area contributed by atoms with Crippen molar-refractivity contribution < 1.29 is 0 Å². The fourth-order valence-corrected chi connectivity index (χ4v) is 2.03. The summed E-state index contributed by atoms with van der Waals surface area (Å²) in [6.45, 7) is 2.10. The van der Waals surface area contributed by atoms with E-state index in [4.69, 9.17) is 5.73 Å². The minimum absolute atomic E-state index is 0.807. The normalized spacial score (nSPS) is 9.53. The largest absolute Gasteiger partial charge is 0.399 e. The predicted molar refractivity (Wildman–Crippen MR) is 83.1 cm³/mol. The summed E-state index contributed by atoms with van der Waals surface area (Å²) in [4.78, 5) is 3.74. The van der Waals surface area contributed by atoms with Crippen molar-refractivity contribution in [2.75, 3.05) is 5.73 Å². The summed E-state index contributed by atoms with van der Waals surface area (Å²) in [5.74, 6) is 0. The highest BCUT2D eigenvalue weighted by Crippen LogP contribution is 2.21. The monoisotopic (exact) mass is 268 g/mol. The van der Waals surface area contributed by atoms with Gasteiger partial charge in [-0.15, -0.1) is 11.3 Å². The lowest BCUT2D eigenvalue weighted by atomic mass is 10.0. The van der Waals surface area contributed by atoms with E-state index in [1.807, 2.05) is 29.6 Å². The molecule has 0 saturated carbocycles. The Hall–Kier alpha value is -2.13. The van der Waals surface area contributed by atoms with Crippen molar-refractivity contribution in [3.63, 3.8) is 0 Å². The first kappa shape index (κ1) is 13.3. The first-order valence-electron chi connectivity index (χ1n) is 6.00. The van der Waals surface area contributed by atoms with Gasteiger partial charge in [0.05, 0.1) is 5.51 Å². The van der Waals surface area contributed by atoms with Gasteiger partial charge in [-0.1, -0.05) is 42.0 Å². The molecule has 3 rings (SSSR count). The third-order valence-electron chi connectivity index (χ3n) is 2.61. The molecule has 0 amide bonds. The number of aromatic nitrogens is 1. The molecule has 3 heteroatoms. The fraction of sp³-hybridized carbons (Fsp3) is 0.0625. The Morgan fingerprint density at radius 3 is 2.32 bits per heavy atom. The van der Waals surface area contributed by atoms with E-state index < -0.39 is 0 Å². The highest BCUT2D eigenvalue weighted by atomic mass is 32.1. The molecule has 2 N–H and O–H groups in total. The van der Waals surface area contributed by atoms with Gasteiger partial charge in [0.15, 0.2) is 0 Å². The molecular formula is C16H16N2S. The van der Waals surface area contributed by atoms with E-state index in [0.717, 1.165) is 5.69 Å². The molecule has 0 radical (unpaired) electrons. The molecule has 0 aliphatic rings. The van der Waals surface area contributed by atoms with E-state index in [1.165, 1.54) is 16.7 Å². The second kappa shape index (κ2) is 6.71. The van der Waals surface area contributed by atoms with Gasteiger partial charge in [-0.2, -0.15) is 0 Å². The summed E-state index contributed by atoms with van der Waals surface area (Å²) in [5.41, 5.74) is 12.0. The number of hydrogen-bond donors (Lipinski definition) is 1. The number of nitrogens with two attached hydrogens (primary N) is 1. The maximum atomic E-state index is 5.63. The van der Waals surface area contributed by atoms with Gasteiger partial charge in [0.2, 0.25) is 0 Å². The molecule has 1 aromatic heterocycles. The van der Waals surface area contributed by atoms with Gasteiger partial charge in [0.1, 0.15) is 0 Å². The van der Waals surface area contributed by atoms with Crippen LogP contribution in [0.4, 0.5) is 5.69 Å². The Labute approximate surface area is 117 Å². The first-order chi connectivity index (χ1) is 9.25. The van der Waals surface area contributed by atoms with E-state index >= 15 is 0 Å². The minimum Gasteiger partial charge on any atom is -0.399 e. The van der Waals surface area contributed by atoms with E-state index in [9.17, 15) is 0 Å². The lowest BCUT2D eigenvalue weighted by Crippen LogP contribution is -1.84. The van der Waals surface area contributed by atoms with Crippen LogP contribution in [0, 0.1) is 6.92 Å². The van der Waals surface area contributed by atoms with Gasteiger partial charge in [-0.05, 0) is 30.2 Å². The van der Waals surface area contributed by atoms with Crippen molar-refractivity contribution in [1.82, 2.24) is 4.98 Å². The topological polar surface area (TPSA) is 38.9 Å². The number of nitrogen functional groups attached to an aromatic ring is 1. The summed E-state index contributed by atoms with van der Waals surface area (Å²) in [7, 11) is 0. The number of benzene rings is 2. The van der Waals surface area contributed by atoms with Crippen molar-refractivity contribution in [2.24, 2.45) is 0 Å². The molecule has 0 atom stereocenters. The van der Waals surface area contributed by atoms with Crippen LogP contribution in [0.5, 0.6) is 0 Å². The lowest BCUT2D eigenvalue weighted by molar-refractivity contribution is 1.43. The van der Waals surface area contributed by atoms with E-state index in [0.29, 0.717) is 0 Å². The standard InChI is InChI=1S/C13H13N.C3H3NS/c1-10-3-2-4-12(9-10)11-5-7-13(14)8-6-11;1-2-5-3-4-1/h2-9H,14H2,1H3;1-3H. The van der Waals surface area contributed by atoms with Crippen LogP contribution in [0.2, 0.25) is 0 Å². The lowest BCUT2D eigenvalue weighted by Gasteiger charge is -2.02. The SMILES string of the molecule is Cc1cccc(-c2ccc(N)cc2)c1.c1cscn1. The summed E-state index contributed by atoms with van der Waals surface area (Å²) in [6, 6.07) is 16.4. The van der Waals surface area contributed by atoms with Crippen molar-refractivity contribution >= 4 is 17.0 Å². The Balaban J connectivity index is 0.000000224. The summed E-state index contributed by atoms with van der Waals surface area (Å²) in [6.07, 6.45) is 1.77. The maximum Gasteiger partial charge on any atom is 0.0791 e. The third-order valence-corrected chi connectivity index (χ3v) is 3.13. The van der Waals surface area contributed by atoms with Gasteiger partial charge < -0.3 is 5.73 Å². The molecule has 2 nitrogen and oxygen atoms in total. The molecule has 19 heavy (non-hydrogen) atoms. The summed E-state index contributed by atoms with van der Waals surface area (Å²) < 4.78 is 0. The average Bonchev–Trinajstić information content (AvgIpc) is 2.99. The second-order valence-electron chi connectivity index (χ2n) is 4.17. The van der Waals surface area contributed by atoms with Crippen molar-refractivity contribution in [3.8, 4) is 11.1 Å². The smallest absolute Gasteiger partial charge is 0.0791 e. The highest BCUT2D eigenvalue weighted by Gasteiger charge is 1.96. The van der Waals surface area contributed by atoms with Crippen LogP contribution < -0.4 is 5.73 Å². The predicted octanol–water partition coefficient (Wildman–Crippen LogP) is 4.39. The quantitative estimate of drug-likeness (QED) is 0.665. The molecule has 2 aromatic carbocycles. The van der Waals surface area contributed by atoms with Gasteiger partial charge in [-0.3, -0.25) is 4.98 Å². The second-order valence-corrected chi connectivity index (χ2v) is 4.92. The van der Waals surface area contributed by atoms with Gasteiger partial charge >= 0.3 is 0 Å². The molecule has 96 valence electrons. The number of anilines is 1. The average molecular weight is 268 g/mol. The molecule has 0 aliphatic heterocycles. The van der Waals surface area contributed by atoms with Gasteiger partial charge in [0.25, 0.3) is 0 Å². The highest BCUT2D eigenvalue weighted by molar-refractivity contribution is 7.07. The van der Waals surface area contributed by atoms with Crippen LogP contribution in [0.3, 0.4) is 0 Å². The molecule has 1 heterocycles. The third kappa shape index (κ3) is 4.23. The number of aryl methyl sites for hydroxylation is 1. The molecule has 0 saturated heterocycles. The Kier molecular flexibility index (Phi) is 4.70. The Morgan fingerprint density at radius 2 is 1.79 bits per heavy atom. The number of nitrogens with zero attached hydrogens (tertiary/aromatic N) is 1. The summed E-state index contributed by atoms with van der Waals surface area (Å²) >= 11 is 1.60. The molecule has 0 spiro atoms. The first-order valence-corrected chi connectivity index (χ1v) is 6.95. The zero-order valence-electron chi connectivity index (χ0n) is 10.8. The van der Waals surface area contributed by atoms with Crippen LogP contribution in [0.15, 0.2) is 65.6 Å². The van der Waals surface area contributed by atoms with Gasteiger partial charge in [0, 0.05) is 17.3 Å². The molecule has 0 unspecified atom stereocenters. The molecule has 3 aromatic rings. The zero-order valence-corrected chi connectivity index (χ0v) is 11.6. The Bertz CT molecular complexity index is 584. The van der Waals surface area contributed by atoms with Crippen LogP contribution in [0.1, 0.15) is 5.56 Å². The molecular weight excluding hydrogens is 252 g/mol. The minimum atomic E-state index is 0.807. The van der Waals surface area contributed by atoms with Gasteiger partial charge in [-0.25, -0.2) is 0 Å². The van der Waals surface area contributed by atoms with Crippen molar-refractivity contribution in [1.29, 1.82) is 0 Å². The number of thiazole rings is 1. The number of rotatable bonds is 1. The molecule has 0 fully saturated rings. The zero-order chi connectivity index (χ0) is 13.5. The molecule has 0 aliphatic carbocycles. The maximum absolute atomic E-state index is 5.63. The van der Waals surface area contributed by atoms with Crippen LogP contribution >= 0.6 is 11.3 Å². The fourth-order valence-electron chi connectivity index (χ4n) is 1.68. The van der Waals surface area contributed by atoms with E-state index in [1.54, 1.807) is 23.0 Å². The van der Waals surface area contributed by atoms with Crippen molar-refractivity contribution in [3.05, 3.63) is 71.2 Å². The van der Waals surface area contributed by atoms with Crippen LogP contribution in [0.25, 0.3) is 11.1 Å². The summed E-state index contributed by atoms with van der Waals surface area (Å²) in [5, 5.41) is 1.93. The molecule has 0 bridgehead atoms. The van der Waals surface area contributed by atoms with Crippen molar-refractivity contribution in [2.45, 2.75) is 6.92 Å². The van der Waals surface area contributed by atoms with E-state index in [2.05, 4.69) is 36.2 Å². The van der Waals surface area contributed by atoms with E-state index in [-0.39, 0.29) is 0 Å². The Morgan fingerprint density at radius 1 is 1.00 bits per heavy atom.